The molecule has 0 unspecified atom stereocenters. The van der Waals surface area contributed by atoms with Gasteiger partial charge in [-0.3, -0.25) is 9.69 Å². The molecule has 0 radical (unpaired) electrons. The van der Waals surface area contributed by atoms with Crippen molar-refractivity contribution in [1.29, 1.82) is 0 Å². The van der Waals surface area contributed by atoms with Crippen LogP contribution in [0.1, 0.15) is 12.8 Å². The van der Waals surface area contributed by atoms with Gasteiger partial charge in [0.05, 0.1) is 6.54 Å². The van der Waals surface area contributed by atoms with Crippen molar-refractivity contribution in [3.63, 3.8) is 0 Å². The molecule has 1 N–H and O–H groups in total. The average Bonchev–Trinajstić information content (AvgIpc) is 2.48. The molecule has 1 saturated heterocycles. The van der Waals surface area contributed by atoms with Gasteiger partial charge in [-0.15, -0.1) is 24.2 Å². The third-order valence-electron chi connectivity index (χ3n) is 3.98. The third-order valence-corrected chi connectivity index (χ3v) is 4.98. The van der Waals surface area contributed by atoms with Crippen LogP contribution in [0.4, 0.5) is 0 Å². The van der Waals surface area contributed by atoms with Crippen LogP contribution in [0.25, 0.3) is 0 Å². The van der Waals surface area contributed by atoms with Crippen LogP contribution in [-0.4, -0.2) is 65.9 Å². The molecule has 0 aromatic heterocycles. The lowest BCUT2D eigenvalue weighted by atomic mass is 10.0. The Hall–Kier alpha value is -0.750. The van der Waals surface area contributed by atoms with E-state index in [1.54, 1.807) is 0 Å². The second-order valence-electron chi connectivity index (χ2n) is 5.54. The molecule has 1 aromatic carbocycles. The van der Waals surface area contributed by atoms with Crippen molar-refractivity contribution in [3.8, 4) is 0 Å². The molecule has 124 valence electrons. The van der Waals surface area contributed by atoms with Gasteiger partial charge < -0.3 is 10.0 Å². The van der Waals surface area contributed by atoms with Crippen molar-refractivity contribution >= 4 is 30.1 Å². The Morgan fingerprint density at radius 2 is 1.95 bits per heavy atom. The molecule has 6 heteroatoms. The fraction of sp³-hybridized carbons (Fsp3) is 0.562. The largest absolute Gasteiger partial charge is 0.480 e. The summed E-state index contributed by atoms with van der Waals surface area (Å²) >= 11 is 1.90. The van der Waals surface area contributed by atoms with Crippen molar-refractivity contribution in [2.24, 2.45) is 0 Å². The molecule has 1 aliphatic rings. The maximum absolute atomic E-state index is 10.7. The van der Waals surface area contributed by atoms with Crippen molar-refractivity contribution in [3.05, 3.63) is 30.3 Å². The van der Waals surface area contributed by atoms with Crippen molar-refractivity contribution < 1.29 is 9.90 Å². The van der Waals surface area contributed by atoms with E-state index in [4.69, 9.17) is 5.11 Å². The second-order valence-corrected chi connectivity index (χ2v) is 6.71. The number of thioether (sulfide) groups is 1. The smallest absolute Gasteiger partial charge is 0.317 e. The molecule has 4 nitrogen and oxygen atoms in total. The number of carbonyl (C=O) groups is 1. The van der Waals surface area contributed by atoms with Crippen LogP contribution < -0.4 is 0 Å². The molecule has 0 aliphatic carbocycles. The van der Waals surface area contributed by atoms with Gasteiger partial charge in [-0.2, -0.15) is 0 Å². The number of carboxylic acids is 1. The number of carboxylic acid groups (broad SMARTS) is 1. The number of rotatable bonds is 7. The summed E-state index contributed by atoms with van der Waals surface area (Å²) in [6.45, 7) is 3.40. The molecule has 1 aliphatic heterocycles. The predicted molar refractivity (Wildman–Crippen MR) is 94.1 cm³/mol. The Balaban J connectivity index is 0.00000242. The van der Waals surface area contributed by atoms with Gasteiger partial charge in [0, 0.05) is 23.2 Å². The summed E-state index contributed by atoms with van der Waals surface area (Å²) in [5, 5.41) is 8.84. The summed E-state index contributed by atoms with van der Waals surface area (Å²) in [4.78, 5) is 16.5. The fourth-order valence-corrected chi connectivity index (χ4v) is 3.67. The summed E-state index contributed by atoms with van der Waals surface area (Å²) in [6, 6.07) is 10.9. The van der Waals surface area contributed by atoms with E-state index in [2.05, 4.69) is 29.2 Å². The van der Waals surface area contributed by atoms with Gasteiger partial charge >= 0.3 is 5.97 Å². The molecular formula is C16H25ClN2O2S. The number of likely N-dealkylation sites (tertiary alicyclic amines) is 1. The Labute approximate surface area is 143 Å². The molecule has 1 fully saturated rings. The fourth-order valence-electron chi connectivity index (χ4n) is 2.74. The van der Waals surface area contributed by atoms with Crippen molar-refractivity contribution in [2.45, 2.75) is 23.8 Å². The molecule has 1 heterocycles. The molecule has 0 bridgehead atoms. The van der Waals surface area contributed by atoms with Crippen LogP contribution in [0.3, 0.4) is 0 Å². The minimum Gasteiger partial charge on any atom is -0.480 e. The first-order chi connectivity index (χ1) is 10.1. The van der Waals surface area contributed by atoms with E-state index >= 15 is 0 Å². The minimum atomic E-state index is -0.737. The first-order valence-electron chi connectivity index (χ1n) is 7.47. The zero-order valence-electron chi connectivity index (χ0n) is 13.0. The molecule has 0 saturated carbocycles. The molecule has 0 amide bonds. The molecule has 2 rings (SSSR count). The van der Waals surface area contributed by atoms with E-state index in [9.17, 15) is 4.79 Å². The maximum Gasteiger partial charge on any atom is 0.317 e. The number of hydrogen-bond acceptors (Lipinski definition) is 4. The van der Waals surface area contributed by atoms with Gasteiger partial charge in [-0.25, -0.2) is 0 Å². The van der Waals surface area contributed by atoms with Crippen LogP contribution in [0.5, 0.6) is 0 Å². The van der Waals surface area contributed by atoms with Gasteiger partial charge in [0.15, 0.2) is 0 Å². The summed E-state index contributed by atoms with van der Waals surface area (Å²) in [7, 11) is 1.92. The van der Waals surface area contributed by atoms with E-state index in [1.807, 2.05) is 29.8 Å². The van der Waals surface area contributed by atoms with E-state index in [0.717, 1.165) is 38.2 Å². The number of nitrogens with zero attached hydrogens (tertiary/aromatic N) is 2. The van der Waals surface area contributed by atoms with Gasteiger partial charge in [-0.05, 0) is 45.1 Å². The van der Waals surface area contributed by atoms with Gasteiger partial charge in [0.1, 0.15) is 0 Å². The number of halogens is 1. The number of benzene rings is 1. The predicted octanol–water partition coefficient (Wildman–Crippen LogP) is 2.68. The highest BCUT2D eigenvalue weighted by Gasteiger charge is 2.23. The van der Waals surface area contributed by atoms with Crippen LogP contribution in [0.15, 0.2) is 35.2 Å². The lowest BCUT2D eigenvalue weighted by Crippen LogP contribution is -2.45. The maximum atomic E-state index is 10.7. The zero-order chi connectivity index (χ0) is 15.1. The quantitative estimate of drug-likeness (QED) is 0.770. The first-order valence-corrected chi connectivity index (χ1v) is 8.46. The molecule has 1 aromatic rings. The Kier molecular flexibility index (Phi) is 8.86. The molecule has 22 heavy (non-hydrogen) atoms. The molecular weight excluding hydrogens is 320 g/mol. The summed E-state index contributed by atoms with van der Waals surface area (Å²) in [5.74, 6) is 0.374. The number of aliphatic carboxylic acids is 1. The number of likely N-dealkylation sites (N-methyl/N-ethyl adjacent to an activating group) is 1. The van der Waals surface area contributed by atoms with E-state index in [-0.39, 0.29) is 19.0 Å². The molecule has 0 spiro atoms. The standard InChI is InChI=1S/C16H24N2O2S.ClH/c1-17(13-16(19)20)14-7-9-18(10-8-14)11-12-21-15-5-3-2-4-6-15;/h2-6,14H,7-13H2,1H3,(H,19,20);1H. The topological polar surface area (TPSA) is 43.8 Å². The van der Waals surface area contributed by atoms with Crippen LogP contribution >= 0.6 is 24.2 Å². The summed E-state index contributed by atoms with van der Waals surface area (Å²) in [6.07, 6.45) is 2.14. The third kappa shape index (κ3) is 6.57. The summed E-state index contributed by atoms with van der Waals surface area (Å²) < 4.78 is 0. The molecule has 0 atom stereocenters. The Bertz CT molecular complexity index is 439. The van der Waals surface area contributed by atoms with Gasteiger partial charge in [-0.1, -0.05) is 18.2 Å². The highest BCUT2D eigenvalue weighted by Crippen LogP contribution is 2.19. The first kappa shape index (κ1) is 19.3. The van der Waals surface area contributed by atoms with Gasteiger partial charge in [0.25, 0.3) is 0 Å². The normalized spacial score (nSPS) is 16.5. The Morgan fingerprint density at radius 1 is 1.32 bits per heavy atom. The monoisotopic (exact) mass is 344 g/mol. The lowest BCUT2D eigenvalue weighted by molar-refractivity contribution is -0.138. The summed E-state index contributed by atoms with van der Waals surface area (Å²) in [5.41, 5.74) is 0. The van der Waals surface area contributed by atoms with E-state index in [1.165, 1.54) is 4.90 Å². The van der Waals surface area contributed by atoms with Crippen LogP contribution in [-0.2, 0) is 4.79 Å². The second kappa shape index (κ2) is 10.1. The van der Waals surface area contributed by atoms with E-state index in [0.29, 0.717) is 6.04 Å². The van der Waals surface area contributed by atoms with Crippen molar-refractivity contribution in [1.82, 2.24) is 9.80 Å². The average molecular weight is 345 g/mol. The highest BCUT2D eigenvalue weighted by atomic mass is 35.5. The van der Waals surface area contributed by atoms with Gasteiger partial charge in [0.2, 0.25) is 0 Å². The lowest BCUT2D eigenvalue weighted by Gasteiger charge is -2.36. The van der Waals surface area contributed by atoms with Crippen LogP contribution in [0.2, 0.25) is 0 Å². The van der Waals surface area contributed by atoms with Crippen molar-refractivity contribution in [2.75, 3.05) is 39.0 Å². The van der Waals surface area contributed by atoms with Crippen LogP contribution in [0, 0.1) is 0 Å². The SMILES string of the molecule is CN(CC(=O)O)C1CCN(CCSc2ccccc2)CC1.Cl. The minimum absolute atomic E-state index is 0. The number of hydrogen-bond donors (Lipinski definition) is 1. The van der Waals surface area contributed by atoms with E-state index < -0.39 is 5.97 Å². The zero-order valence-corrected chi connectivity index (χ0v) is 14.6. The highest BCUT2D eigenvalue weighted by molar-refractivity contribution is 7.99. The number of piperidine rings is 1. The Morgan fingerprint density at radius 3 is 2.55 bits per heavy atom.